The van der Waals surface area contributed by atoms with Crippen LogP contribution >= 0.6 is 0 Å². The second kappa shape index (κ2) is 8.07. The van der Waals surface area contributed by atoms with Crippen LogP contribution < -0.4 is 10.2 Å². The molecule has 0 atom stereocenters. The van der Waals surface area contributed by atoms with Crippen LogP contribution in [0.2, 0.25) is 0 Å². The van der Waals surface area contributed by atoms with E-state index in [1.54, 1.807) is 0 Å². The zero-order valence-electron chi connectivity index (χ0n) is 11.8. The maximum atomic E-state index is 5.29. The van der Waals surface area contributed by atoms with Gasteiger partial charge in [0.1, 0.15) is 0 Å². The van der Waals surface area contributed by atoms with Gasteiger partial charge in [0.25, 0.3) is 0 Å². The summed E-state index contributed by atoms with van der Waals surface area (Å²) in [5.41, 5.74) is 1.14. The monoisotopic (exact) mass is 264 g/mol. The van der Waals surface area contributed by atoms with Gasteiger partial charge in [-0.3, -0.25) is 0 Å². The Morgan fingerprint density at radius 2 is 2.00 bits per heavy atom. The predicted octanol–water partition coefficient (Wildman–Crippen LogP) is 1.59. The molecule has 1 saturated heterocycles. The standard InChI is InChI=1S/C14H24N4O/c1-2-19-9-5-6-15-10-13-11-16-14(17-12-13)18-7-3-4-8-18/h11-12,15H,2-10H2,1H3. The number of rotatable bonds is 8. The third kappa shape index (κ3) is 4.76. The molecule has 2 heterocycles. The molecule has 0 bridgehead atoms. The third-order valence-electron chi connectivity index (χ3n) is 3.26. The lowest BCUT2D eigenvalue weighted by atomic mass is 10.3. The average molecular weight is 264 g/mol. The van der Waals surface area contributed by atoms with E-state index >= 15 is 0 Å². The summed E-state index contributed by atoms with van der Waals surface area (Å²) >= 11 is 0. The quantitative estimate of drug-likeness (QED) is 0.723. The van der Waals surface area contributed by atoms with Crippen LogP contribution in [-0.2, 0) is 11.3 Å². The lowest BCUT2D eigenvalue weighted by molar-refractivity contribution is 0.144. The van der Waals surface area contributed by atoms with Crippen molar-refractivity contribution in [3.63, 3.8) is 0 Å². The van der Waals surface area contributed by atoms with Crippen molar-refractivity contribution in [1.29, 1.82) is 0 Å². The van der Waals surface area contributed by atoms with E-state index in [-0.39, 0.29) is 0 Å². The maximum absolute atomic E-state index is 5.29. The first kappa shape index (κ1) is 14.2. The second-order valence-corrected chi connectivity index (χ2v) is 4.81. The Labute approximate surface area is 115 Å². The van der Waals surface area contributed by atoms with Gasteiger partial charge in [0.15, 0.2) is 0 Å². The summed E-state index contributed by atoms with van der Waals surface area (Å²) in [6, 6.07) is 0. The van der Waals surface area contributed by atoms with Crippen LogP contribution in [0.25, 0.3) is 0 Å². The van der Waals surface area contributed by atoms with Gasteiger partial charge in [-0.15, -0.1) is 0 Å². The molecule has 0 radical (unpaired) electrons. The molecule has 0 spiro atoms. The van der Waals surface area contributed by atoms with Gasteiger partial charge >= 0.3 is 0 Å². The Hall–Kier alpha value is -1.20. The summed E-state index contributed by atoms with van der Waals surface area (Å²) in [6.45, 7) is 7.62. The largest absolute Gasteiger partial charge is 0.382 e. The minimum Gasteiger partial charge on any atom is -0.382 e. The van der Waals surface area contributed by atoms with Crippen molar-refractivity contribution in [2.75, 3.05) is 37.7 Å². The Balaban J connectivity index is 1.67. The highest BCUT2D eigenvalue weighted by molar-refractivity contribution is 5.30. The van der Waals surface area contributed by atoms with Crippen LogP contribution in [0, 0.1) is 0 Å². The number of anilines is 1. The maximum Gasteiger partial charge on any atom is 0.225 e. The summed E-state index contributed by atoms with van der Waals surface area (Å²) in [4.78, 5) is 11.1. The Bertz CT molecular complexity index is 349. The zero-order chi connectivity index (χ0) is 13.3. The first-order valence-electron chi connectivity index (χ1n) is 7.24. The van der Waals surface area contributed by atoms with Crippen LogP contribution in [0.5, 0.6) is 0 Å². The van der Waals surface area contributed by atoms with Gasteiger partial charge in [-0.25, -0.2) is 9.97 Å². The molecule has 0 amide bonds. The molecule has 0 unspecified atom stereocenters. The van der Waals surface area contributed by atoms with E-state index in [2.05, 4.69) is 20.2 Å². The van der Waals surface area contributed by atoms with Crippen molar-refractivity contribution in [3.05, 3.63) is 18.0 Å². The van der Waals surface area contributed by atoms with E-state index in [4.69, 9.17) is 4.74 Å². The van der Waals surface area contributed by atoms with Gasteiger partial charge in [0, 0.05) is 50.8 Å². The number of hydrogen-bond acceptors (Lipinski definition) is 5. The van der Waals surface area contributed by atoms with Crippen molar-refractivity contribution in [1.82, 2.24) is 15.3 Å². The first-order chi connectivity index (χ1) is 9.40. The Morgan fingerprint density at radius 3 is 2.68 bits per heavy atom. The molecule has 106 valence electrons. The molecular formula is C14H24N4O. The SMILES string of the molecule is CCOCCCNCc1cnc(N2CCCC2)nc1. The van der Waals surface area contributed by atoms with E-state index in [9.17, 15) is 0 Å². The Morgan fingerprint density at radius 1 is 1.26 bits per heavy atom. The van der Waals surface area contributed by atoms with E-state index < -0.39 is 0 Å². The zero-order valence-corrected chi connectivity index (χ0v) is 11.8. The molecule has 2 rings (SSSR count). The van der Waals surface area contributed by atoms with Crippen molar-refractivity contribution in [2.45, 2.75) is 32.7 Å². The van der Waals surface area contributed by atoms with Crippen molar-refractivity contribution >= 4 is 5.95 Å². The van der Waals surface area contributed by atoms with E-state index in [0.717, 1.165) is 57.3 Å². The molecule has 5 nitrogen and oxygen atoms in total. The highest BCUT2D eigenvalue weighted by Crippen LogP contribution is 2.14. The average Bonchev–Trinajstić information content (AvgIpc) is 2.97. The normalized spacial score (nSPS) is 15.1. The fraction of sp³-hybridized carbons (Fsp3) is 0.714. The third-order valence-corrected chi connectivity index (χ3v) is 3.26. The number of hydrogen-bond donors (Lipinski definition) is 1. The molecule has 0 saturated carbocycles. The van der Waals surface area contributed by atoms with Gasteiger partial charge in [-0.05, 0) is 32.7 Å². The molecule has 1 N–H and O–H groups in total. The molecule has 5 heteroatoms. The van der Waals surface area contributed by atoms with Gasteiger partial charge in [-0.2, -0.15) is 0 Å². The summed E-state index contributed by atoms with van der Waals surface area (Å²) in [5, 5.41) is 3.38. The topological polar surface area (TPSA) is 50.3 Å². The van der Waals surface area contributed by atoms with Crippen molar-refractivity contribution in [2.24, 2.45) is 0 Å². The van der Waals surface area contributed by atoms with Crippen LogP contribution in [-0.4, -0.2) is 42.8 Å². The summed E-state index contributed by atoms with van der Waals surface area (Å²) in [6.07, 6.45) is 7.41. The number of aromatic nitrogens is 2. The predicted molar refractivity (Wildman–Crippen MR) is 76.3 cm³/mol. The second-order valence-electron chi connectivity index (χ2n) is 4.81. The fourth-order valence-corrected chi connectivity index (χ4v) is 2.20. The minimum absolute atomic E-state index is 0.797. The molecular weight excluding hydrogens is 240 g/mol. The summed E-state index contributed by atoms with van der Waals surface area (Å²) < 4.78 is 5.29. The summed E-state index contributed by atoms with van der Waals surface area (Å²) in [5.74, 6) is 0.873. The number of ether oxygens (including phenoxy) is 1. The lowest BCUT2D eigenvalue weighted by Gasteiger charge is -2.14. The van der Waals surface area contributed by atoms with Crippen LogP contribution in [0.4, 0.5) is 5.95 Å². The van der Waals surface area contributed by atoms with Gasteiger partial charge in [0.2, 0.25) is 5.95 Å². The van der Waals surface area contributed by atoms with E-state index in [1.807, 2.05) is 19.3 Å². The van der Waals surface area contributed by atoms with Gasteiger partial charge < -0.3 is 15.0 Å². The highest BCUT2D eigenvalue weighted by atomic mass is 16.5. The lowest BCUT2D eigenvalue weighted by Crippen LogP contribution is -2.21. The number of nitrogens with one attached hydrogen (secondary N) is 1. The smallest absolute Gasteiger partial charge is 0.225 e. The minimum atomic E-state index is 0.797. The van der Waals surface area contributed by atoms with Crippen LogP contribution in [0.3, 0.4) is 0 Å². The van der Waals surface area contributed by atoms with E-state index in [1.165, 1.54) is 12.8 Å². The molecule has 19 heavy (non-hydrogen) atoms. The van der Waals surface area contributed by atoms with Crippen molar-refractivity contribution in [3.8, 4) is 0 Å². The van der Waals surface area contributed by atoms with Crippen LogP contribution in [0.1, 0.15) is 31.7 Å². The molecule has 0 aromatic carbocycles. The molecule has 1 fully saturated rings. The molecule has 1 aliphatic rings. The first-order valence-corrected chi connectivity index (χ1v) is 7.24. The molecule has 0 aliphatic carbocycles. The molecule has 1 aromatic rings. The molecule has 1 aliphatic heterocycles. The summed E-state index contributed by atoms with van der Waals surface area (Å²) in [7, 11) is 0. The van der Waals surface area contributed by atoms with Gasteiger partial charge in [-0.1, -0.05) is 0 Å². The van der Waals surface area contributed by atoms with Gasteiger partial charge in [0.05, 0.1) is 0 Å². The van der Waals surface area contributed by atoms with E-state index in [0.29, 0.717) is 0 Å². The fourth-order valence-electron chi connectivity index (χ4n) is 2.20. The van der Waals surface area contributed by atoms with Crippen molar-refractivity contribution < 1.29 is 4.74 Å². The van der Waals surface area contributed by atoms with Crippen LogP contribution in [0.15, 0.2) is 12.4 Å². The number of nitrogens with zero attached hydrogens (tertiary/aromatic N) is 3. The highest BCUT2D eigenvalue weighted by Gasteiger charge is 2.14. The Kier molecular flexibility index (Phi) is 6.04. The molecule has 1 aromatic heterocycles.